The third kappa shape index (κ3) is 2.35. The van der Waals surface area contributed by atoms with Crippen molar-refractivity contribution in [2.75, 3.05) is 12.3 Å². The van der Waals surface area contributed by atoms with Crippen LogP contribution in [0.4, 0.5) is 5.82 Å². The summed E-state index contributed by atoms with van der Waals surface area (Å²) in [6.45, 7) is -0.180. The molecule has 8 nitrogen and oxygen atoms in total. The first-order valence-corrected chi connectivity index (χ1v) is 14.4. The minimum atomic E-state index is -3.00. The second kappa shape index (κ2) is 4.95. The third-order valence-corrected chi connectivity index (χ3v) is 8.22. The van der Waals surface area contributed by atoms with E-state index in [2.05, 4.69) is 4.98 Å². The van der Waals surface area contributed by atoms with Crippen LogP contribution < -0.4 is 11.4 Å². The van der Waals surface area contributed by atoms with E-state index in [1.165, 1.54) is 16.8 Å². The quantitative estimate of drug-likeness (QED) is 0.637. The molecule has 2 aliphatic heterocycles. The third-order valence-electron chi connectivity index (χ3n) is 3.43. The summed E-state index contributed by atoms with van der Waals surface area (Å²) in [6.07, 6.45) is -0.332. The molecule has 2 saturated heterocycles. The Balaban J connectivity index is 1.96. The Hall–Kier alpha value is -0.681. The molecule has 0 aliphatic carbocycles. The van der Waals surface area contributed by atoms with Gasteiger partial charge in [-0.1, -0.05) is 0 Å². The van der Waals surface area contributed by atoms with E-state index in [4.69, 9.17) is 16.6 Å². The topological polar surface area (TPSA) is 109 Å². The van der Waals surface area contributed by atoms with Gasteiger partial charge in [0.05, 0.1) is 0 Å². The predicted octanol–water partition coefficient (Wildman–Crippen LogP) is -0.799. The maximum atomic E-state index is 11.9. The molecule has 2 aliphatic rings. The number of hydrogen-bond acceptors (Lipinski definition) is 7. The molecule has 110 valence electrons. The molecule has 2 fully saturated rings. The molecular formula is C11H17N3O5Sn. The van der Waals surface area contributed by atoms with Crippen molar-refractivity contribution >= 4 is 25.0 Å². The molecule has 0 spiro atoms. The van der Waals surface area contributed by atoms with E-state index in [0.717, 1.165) is 0 Å². The van der Waals surface area contributed by atoms with Crippen molar-refractivity contribution in [3.05, 3.63) is 22.7 Å². The number of nitrogens with zero attached hydrogens (tertiary/aromatic N) is 2. The van der Waals surface area contributed by atoms with Crippen molar-refractivity contribution in [2.24, 2.45) is 0 Å². The van der Waals surface area contributed by atoms with Crippen LogP contribution in [0.25, 0.3) is 0 Å². The number of fused-ring (bicyclic) bond motifs is 1. The first kappa shape index (κ1) is 14.3. The summed E-state index contributed by atoms with van der Waals surface area (Å²) < 4.78 is 19.0. The molecule has 0 aromatic carbocycles. The molecule has 0 bridgehead atoms. The van der Waals surface area contributed by atoms with Gasteiger partial charge in [-0.3, -0.25) is 0 Å². The zero-order valence-corrected chi connectivity index (χ0v) is 14.1. The van der Waals surface area contributed by atoms with Gasteiger partial charge >= 0.3 is 120 Å². The van der Waals surface area contributed by atoms with Crippen LogP contribution in [0, 0.1) is 0 Å². The van der Waals surface area contributed by atoms with Crippen molar-refractivity contribution in [3.8, 4) is 0 Å². The van der Waals surface area contributed by atoms with E-state index < -0.39 is 37.2 Å². The number of aromatic nitrogens is 2. The number of rotatable bonds is 2. The number of aliphatic hydroxyl groups is 1. The Morgan fingerprint density at radius 2 is 2.15 bits per heavy atom. The number of hydrogen-bond donors (Lipinski definition) is 2. The molecular weight excluding hydrogens is 373 g/mol. The van der Waals surface area contributed by atoms with Crippen LogP contribution in [0.3, 0.4) is 0 Å². The number of ether oxygens (including phenoxy) is 1. The Morgan fingerprint density at radius 1 is 1.45 bits per heavy atom. The van der Waals surface area contributed by atoms with Crippen LogP contribution in [-0.2, 0) is 10.9 Å². The fraction of sp³-hybridized carbons (Fsp3) is 0.636. The van der Waals surface area contributed by atoms with Gasteiger partial charge in [0.15, 0.2) is 0 Å². The molecule has 20 heavy (non-hydrogen) atoms. The van der Waals surface area contributed by atoms with Gasteiger partial charge in [0, 0.05) is 0 Å². The Labute approximate surface area is 120 Å². The summed E-state index contributed by atoms with van der Waals surface area (Å²) in [7, 11) is 0. The van der Waals surface area contributed by atoms with Gasteiger partial charge in [-0.15, -0.1) is 0 Å². The average molecular weight is 390 g/mol. The Morgan fingerprint density at radius 3 is 2.80 bits per heavy atom. The zero-order valence-electron chi connectivity index (χ0n) is 11.2. The second-order valence-electron chi connectivity index (χ2n) is 5.35. The fourth-order valence-electron chi connectivity index (χ4n) is 2.65. The molecule has 1 aromatic rings. The van der Waals surface area contributed by atoms with Gasteiger partial charge in [0.25, 0.3) is 0 Å². The van der Waals surface area contributed by atoms with E-state index in [1.54, 1.807) is 0 Å². The van der Waals surface area contributed by atoms with Crippen LogP contribution in [0.1, 0.15) is 6.23 Å². The summed E-state index contributed by atoms with van der Waals surface area (Å²) in [6, 6.07) is 1.52. The standard InChI is InChI=1S/C9H11N3O5.2CH3.Sn/c10-5-1-2-12(9(16)11-5)8-7(15)6(14)4(3-13)17-8;;;/h1-2,4,6-8,13H,3H2,(H2,10,11,16);2*1H3;/q-2;;;+2/t4-,6+,7-,8+;;;/m0.../s1. The van der Waals surface area contributed by atoms with Crippen molar-refractivity contribution < 1.29 is 16.0 Å². The van der Waals surface area contributed by atoms with E-state index in [1.807, 2.05) is 9.88 Å². The van der Waals surface area contributed by atoms with E-state index in [-0.39, 0.29) is 24.6 Å². The molecule has 0 radical (unpaired) electrons. The molecule has 9 heteroatoms. The average Bonchev–Trinajstić information content (AvgIpc) is 2.83. The Kier molecular flexibility index (Phi) is 3.53. The van der Waals surface area contributed by atoms with Gasteiger partial charge in [0.1, 0.15) is 0 Å². The number of anilines is 1. The van der Waals surface area contributed by atoms with Gasteiger partial charge in [-0.05, 0) is 0 Å². The van der Waals surface area contributed by atoms with Crippen molar-refractivity contribution in [2.45, 2.75) is 34.4 Å². The van der Waals surface area contributed by atoms with E-state index >= 15 is 0 Å². The van der Waals surface area contributed by atoms with E-state index in [0.29, 0.717) is 0 Å². The monoisotopic (exact) mass is 391 g/mol. The van der Waals surface area contributed by atoms with Gasteiger partial charge < -0.3 is 0 Å². The molecule has 0 unspecified atom stereocenters. The van der Waals surface area contributed by atoms with Crippen molar-refractivity contribution in [3.63, 3.8) is 0 Å². The maximum absolute atomic E-state index is 11.9. The van der Waals surface area contributed by atoms with Crippen LogP contribution in [0.15, 0.2) is 17.1 Å². The second-order valence-corrected chi connectivity index (χ2v) is 14.7. The summed E-state index contributed by atoms with van der Waals surface area (Å²) in [4.78, 5) is 19.6. The van der Waals surface area contributed by atoms with Gasteiger partial charge in [-0.25, -0.2) is 0 Å². The van der Waals surface area contributed by atoms with Gasteiger partial charge in [0.2, 0.25) is 0 Å². The van der Waals surface area contributed by atoms with E-state index in [9.17, 15) is 9.90 Å². The van der Waals surface area contributed by atoms with Crippen LogP contribution >= 0.6 is 0 Å². The minimum absolute atomic E-state index is 0.155. The zero-order chi connectivity index (χ0) is 14.5. The number of nitrogen functional groups attached to an aromatic ring is 1. The first-order valence-electron chi connectivity index (χ1n) is 6.38. The molecule has 0 saturated carbocycles. The van der Waals surface area contributed by atoms with Crippen molar-refractivity contribution in [1.82, 2.24) is 9.55 Å². The molecule has 3 heterocycles. The molecule has 3 N–H and O–H groups in total. The SMILES string of the molecule is [CH3][Sn]1([CH3])[O][C@H]2[C@H]([O]1)[C@H](n1ccc(N)nc1=O)O[C@H]2CO. The predicted molar refractivity (Wildman–Crippen MR) is 71.1 cm³/mol. The summed E-state index contributed by atoms with van der Waals surface area (Å²) >= 11 is -3.00. The molecule has 1 aromatic heterocycles. The van der Waals surface area contributed by atoms with Crippen molar-refractivity contribution in [1.29, 1.82) is 0 Å². The van der Waals surface area contributed by atoms with Gasteiger partial charge in [-0.2, -0.15) is 0 Å². The molecule has 4 atom stereocenters. The fourth-order valence-corrected chi connectivity index (χ4v) is 8.08. The summed E-state index contributed by atoms with van der Waals surface area (Å²) in [5, 5.41) is 9.40. The number of nitrogens with two attached hydrogens (primary N) is 1. The normalized spacial score (nSPS) is 35.1. The van der Waals surface area contributed by atoms with Crippen LogP contribution in [0.5, 0.6) is 0 Å². The summed E-state index contributed by atoms with van der Waals surface area (Å²) in [5.74, 6) is 0.155. The first-order chi connectivity index (χ1) is 9.41. The van der Waals surface area contributed by atoms with Crippen LogP contribution in [-0.4, -0.2) is 58.8 Å². The Bertz CT molecular complexity index is 577. The van der Waals surface area contributed by atoms with Crippen LogP contribution in [0.2, 0.25) is 9.88 Å². The molecule has 3 rings (SSSR count). The molecule has 0 amide bonds. The summed E-state index contributed by atoms with van der Waals surface area (Å²) in [5.41, 5.74) is 4.97. The number of aliphatic hydroxyl groups excluding tert-OH is 1.